The Labute approximate surface area is 128 Å². The van der Waals surface area contributed by atoms with Gasteiger partial charge in [-0.2, -0.15) is 0 Å². The predicted molar refractivity (Wildman–Crippen MR) is 78.8 cm³/mol. The summed E-state index contributed by atoms with van der Waals surface area (Å²) in [6.07, 6.45) is 4.42. The van der Waals surface area contributed by atoms with Crippen molar-refractivity contribution in [3.8, 4) is 11.5 Å². The van der Waals surface area contributed by atoms with Gasteiger partial charge < -0.3 is 14.2 Å². The molecular weight excluding hydrogens is 284 g/mol. The van der Waals surface area contributed by atoms with Gasteiger partial charge in [0.25, 0.3) is 5.79 Å². The lowest BCUT2D eigenvalue weighted by molar-refractivity contribution is -0.172. The number of benzene rings is 1. The second-order valence-electron chi connectivity index (χ2n) is 5.76. The molecule has 0 atom stereocenters. The minimum Gasteiger partial charge on any atom is -0.451 e. The van der Waals surface area contributed by atoms with E-state index in [-0.39, 0.29) is 16.9 Å². The van der Waals surface area contributed by atoms with E-state index in [4.69, 9.17) is 14.2 Å². The molecule has 1 aromatic carbocycles. The first-order chi connectivity index (χ1) is 10.5. The van der Waals surface area contributed by atoms with Crippen molar-refractivity contribution in [1.29, 1.82) is 0 Å². The SMILES string of the molecule is C=C(C)C(=O)Oc1cccc2c1C(=O)OC1(CCCCC1)O2. The molecule has 0 saturated heterocycles. The largest absolute Gasteiger partial charge is 0.451 e. The highest BCUT2D eigenvalue weighted by Gasteiger charge is 2.44. The van der Waals surface area contributed by atoms with Crippen molar-refractivity contribution in [2.45, 2.75) is 44.8 Å². The van der Waals surface area contributed by atoms with Crippen LogP contribution >= 0.6 is 0 Å². The molecule has 1 aliphatic carbocycles. The van der Waals surface area contributed by atoms with Crippen LogP contribution < -0.4 is 9.47 Å². The van der Waals surface area contributed by atoms with Gasteiger partial charge in [0.2, 0.25) is 0 Å². The van der Waals surface area contributed by atoms with Gasteiger partial charge in [-0.05, 0) is 31.9 Å². The fourth-order valence-corrected chi connectivity index (χ4v) is 2.81. The summed E-state index contributed by atoms with van der Waals surface area (Å²) in [5.74, 6) is -1.40. The van der Waals surface area contributed by atoms with Crippen LogP contribution in [0.3, 0.4) is 0 Å². The minimum absolute atomic E-state index is 0.140. The molecule has 3 rings (SSSR count). The summed E-state index contributed by atoms with van der Waals surface area (Å²) in [5, 5.41) is 0. The molecule has 5 heteroatoms. The fraction of sp³-hybridized carbons (Fsp3) is 0.412. The molecule has 1 fully saturated rings. The number of rotatable bonds is 2. The quantitative estimate of drug-likeness (QED) is 0.476. The molecule has 116 valence electrons. The van der Waals surface area contributed by atoms with Crippen molar-refractivity contribution in [3.05, 3.63) is 35.9 Å². The molecule has 5 nitrogen and oxygen atoms in total. The van der Waals surface area contributed by atoms with Crippen LogP contribution in [-0.2, 0) is 9.53 Å². The number of hydrogen-bond acceptors (Lipinski definition) is 5. The highest BCUT2D eigenvalue weighted by Crippen LogP contribution is 2.42. The van der Waals surface area contributed by atoms with Crippen LogP contribution in [0, 0.1) is 0 Å². The first-order valence-electron chi connectivity index (χ1n) is 7.44. The normalized spacial score (nSPS) is 18.9. The molecule has 1 aliphatic heterocycles. The van der Waals surface area contributed by atoms with Crippen LogP contribution in [0.4, 0.5) is 0 Å². The number of hydrogen-bond donors (Lipinski definition) is 0. The lowest BCUT2D eigenvalue weighted by atomic mass is 9.93. The summed E-state index contributed by atoms with van der Waals surface area (Å²) in [5.41, 5.74) is 0.416. The van der Waals surface area contributed by atoms with Crippen molar-refractivity contribution in [3.63, 3.8) is 0 Å². The van der Waals surface area contributed by atoms with E-state index in [9.17, 15) is 9.59 Å². The Kier molecular flexibility index (Phi) is 3.64. The Bertz CT molecular complexity index is 640. The smallest absolute Gasteiger partial charge is 0.349 e. The van der Waals surface area contributed by atoms with Crippen LogP contribution in [0.5, 0.6) is 11.5 Å². The second-order valence-corrected chi connectivity index (χ2v) is 5.76. The molecule has 22 heavy (non-hydrogen) atoms. The summed E-state index contributed by atoms with van der Waals surface area (Å²) >= 11 is 0. The number of ether oxygens (including phenoxy) is 3. The van der Waals surface area contributed by atoms with Gasteiger partial charge in [-0.1, -0.05) is 19.1 Å². The summed E-state index contributed by atoms with van der Waals surface area (Å²) < 4.78 is 16.7. The monoisotopic (exact) mass is 302 g/mol. The maximum absolute atomic E-state index is 12.4. The van der Waals surface area contributed by atoms with E-state index in [1.165, 1.54) is 0 Å². The standard InChI is InChI=1S/C17H18O5/c1-11(2)15(18)20-12-7-6-8-13-14(12)16(19)22-17(21-13)9-4-3-5-10-17/h6-8H,1,3-5,9-10H2,2H3. The van der Waals surface area contributed by atoms with Crippen LogP contribution in [0.25, 0.3) is 0 Å². The average Bonchev–Trinajstić information content (AvgIpc) is 2.47. The number of carbonyl (C=O) groups is 2. The topological polar surface area (TPSA) is 61.8 Å². The molecule has 0 aromatic heterocycles. The summed E-state index contributed by atoms with van der Waals surface area (Å²) in [6, 6.07) is 4.93. The van der Waals surface area contributed by atoms with Crippen LogP contribution in [0.1, 0.15) is 49.4 Å². The van der Waals surface area contributed by atoms with E-state index in [2.05, 4.69) is 6.58 Å². The first-order valence-corrected chi connectivity index (χ1v) is 7.44. The highest BCUT2D eigenvalue weighted by atomic mass is 16.7. The van der Waals surface area contributed by atoms with Crippen LogP contribution in [0.2, 0.25) is 0 Å². The minimum atomic E-state index is -0.862. The number of fused-ring (bicyclic) bond motifs is 1. The van der Waals surface area contributed by atoms with Gasteiger partial charge in [0, 0.05) is 18.4 Å². The van der Waals surface area contributed by atoms with Gasteiger partial charge in [0.1, 0.15) is 17.1 Å². The molecule has 0 bridgehead atoms. The number of esters is 2. The Morgan fingerprint density at radius 1 is 1.23 bits per heavy atom. The second kappa shape index (κ2) is 5.48. The van der Waals surface area contributed by atoms with Gasteiger partial charge >= 0.3 is 11.9 Å². The van der Waals surface area contributed by atoms with E-state index >= 15 is 0 Å². The molecule has 0 radical (unpaired) electrons. The van der Waals surface area contributed by atoms with Gasteiger partial charge in [0.15, 0.2) is 0 Å². The van der Waals surface area contributed by atoms with Crippen molar-refractivity contribution >= 4 is 11.9 Å². The van der Waals surface area contributed by atoms with E-state index < -0.39 is 17.7 Å². The molecule has 1 spiro atoms. The first kappa shape index (κ1) is 14.6. The Morgan fingerprint density at radius 3 is 2.64 bits per heavy atom. The number of carbonyl (C=O) groups excluding carboxylic acids is 2. The van der Waals surface area contributed by atoms with Crippen LogP contribution in [-0.4, -0.2) is 17.7 Å². The van der Waals surface area contributed by atoms with E-state index in [0.29, 0.717) is 18.6 Å². The lowest BCUT2D eigenvalue weighted by Crippen LogP contribution is -2.46. The van der Waals surface area contributed by atoms with Gasteiger partial charge in [0.05, 0.1) is 0 Å². The predicted octanol–water partition coefficient (Wildman–Crippen LogP) is 3.38. The third-order valence-corrected chi connectivity index (χ3v) is 3.93. The van der Waals surface area contributed by atoms with E-state index in [0.717, 1.165) is 19.3 Å². The highest BCUT2D eigenvalue weighted by molar-refractivity contribution is 5.98. The van der Waals surface area contributed by atoms with Crippen molar-refractivity contribution in [1.82, 2.24) is 0 Å². The Hall–Kier alpha value is -2.30. The zero-order valence-corrected chi connectivity index (χ0v) is 12.5. The molecule has 0 unspecified atom stereocenters. The van der Waals surface area contributed by atoms with Gasteiger partial charge in [-0.15, -0.1) is 0 Å². The summed E-state index contributed by atoms with van der Waals surface area (Å²) in [4.78, 5) is 24.1. The van der Waals surface area contributed by atoms with Gasteiger partial charge in [-0.25, -0.2) is 9.59 Å². The summed E-state index contributed by atoms with van der Waals surface area (Å²) in [6.45, 7) is 5.07. The Balaban J connectivity index is 1.93. The summed E-state index contributed by atoms with van der Waals surface area (Å²) in [7, 11) is 0. The molecular formula is C17H18O5. The van der Waals surface area contributed by atoms with Crippen molar-refractivity contribution in [2.24, 2.45) is 0 Å². The van der Waals surface area contributed by atoms with Crippen LogP contribution in [0.15, 0.2) is 30.4 Å². The van der Waals surface area contributed by atoms with Crippen molar-refractivity contribution in [2.75, 3.05) is 0 Å². The van der Waals surface area contributed by atoms with Gasteiger partial charge in [-0.3, -0.25) is 0 Å². The molecule has 0 amide bonds. The van der Waals surface area contributed by atoms with E-state index in [1.54, 1.807) is 25.1 Å². The lowest BCUT2D eigenvalue weighted by Gasteiger charge is -2.40. The molecule has 1 heterocycles. The molecule has 1 saturated carbocycles. The third kappa shape index (κ3) is 2.58. The zero-order valence-electron chi connectivity index (χ0n) is 12.5. The van der Waals surface area contributed by atoms with Crippen molar-refractivity contribution < 1.29 is 23.8 Å². The zero-order chi connectivity index (χ0) is 15.7. The fourth-order valence-electron chi connectivity index (χ4n) is 2.81. The molecule has 2 aliphatic rings. The molecule has 0 N–H and O–H groups in total. The Morgan fingerprint density at radius 2 is 1.95 bits per heavy atom. The van der Waals surface area contributed by atoms with E-state index in [1.807, 2.05) is 0 Å². The molecule has 1 aromatic rings. The average molecular weight is 302 g/mol. The maximum atomic E-state index is 12.4. The maximum Gasteiger partial charge on any atom is 0.349 e. The third-order valence-electron chi connectivity index (χ3n) is 3.93.